The van der Waals surface area contributed by atoms with E-state index in [2.05, 4.69) is 6.92 Å². The molecule has 0 aliphatic carbocycles. The molecule has 0 aromatic carbocycles. The van der Waals surface area contributed by atoms with Crippen LogP contribution >= 0.6 is 0 Å². The van der Waals surface area contributed by atoms with Crippen LogP contribution in [0.2, 0.25) is 0 Å². The highest BCUT2D eigenvalue weighted by molar-refractivity contribution is 5.90. The van der Waals surface area contributed by atoms with Gasteiger partial charge in [-0.25, -0.2) is 5.06 Å². The van der Waals surface area contributed by atoms with Crippen molar-refractivity contribution in [1.29, 1.82) is 0 Å². The summed E-state index contributed by atoms with van der Waals surface area (Å²) in [5, 5.41) is 1.11. The van der Waals surface area contributed by atoms with Crippen molar-refractivity contribution in [2.24, 2.45) is 0 Å². The number of amides is 1. The SMILES string of the molecule is CCCCCCC(=O)/C=C/C=C/C(=O)N(C)OC. The predicted octanol–water partition coefficient (Wildman–Crippen LogP) is 2.66. The Kier molecular flexibility index (Phi) is 9.87. The smallest absolute Gasteiger partial charge is 0.269 e. The highest BCUT2D eigenvalue weighted by Crippen LogP contribution is 2.03. The molecule has 0 saturated carbocycles. The molecule has 0 atom stereocenters. The maximum absolute atomic E-state index is 11.4. The van der Waals surface area contributed by atoms with E-state index in [-0.39, 0.29) is 11.7 Å². The molecule has 0 radical (unpaired) electrons. The molecule has 0 aliphatic heterocycles. The molecule has 0 N–H and O–H groups in total. The number of likely N-dealkylation sites (N-methyl/N-ethyl adjacent to an activating group) is 1. The van der Waals surface area contributed by atoms with Gasteiger partial charge in [0.25, 0.3) is 5.91 Å². The van der Waals surface area contributed by atoms with Crippen LogP contribution in [0, 0.1) is 0 Å². The van der Waals surface area contributed by atoms with E-state index in [1.54, 1.807) is 12.2 Å². The fraction of sp³-hybridized carbons (Fsp3) is 0.571. The Morgan fingerprint density at radius 3 is 2.39 bits per heavy atom. The van der Waals surface area contributed by atoms with Gasteiger partial charge in [-0.2, -0.15) is 0 Å². The average molecular weight is 253 g/mol. The summed E-state index contributed by atoms with van der Waals surface area (Å²) in [5.41, 5.74) is 0. The van der Waals surface area contributed by atoms with Crippen LogP contribution in [0.15, 0.2) is 24.3 Å². The van der Waals surface area contributed by atoms with Gasteiger partial charge < -0.3 is 0 Å². The minimum Gasteiger partial charge on any atom is -0.295 e. The zero-order chi connectivity index (χ0) is 13.8. The van der Waals surface area contributed by atoms with Crippen molar-refractivity contribution in [1.82, 2.24) is 5.06 Å². The maximum atomic E-state index is 11.4. The van der Waals surface area contributed by atoms with E-state index in [0.717, 1.165) is 17.9 Å². The Morgan fingerprint density at radius 2 is 1.78 bits per heavy atom. The van der Waals surface area contributed by atoms with E-state index in [1.807, 2.05) is 0 Å². The number of hydrogen-bond donors (Lipinski definition) is 0. The van der Waals surface area contributed by atoms with Gasteiger partial charge >= 0.3 is 0 Å². The second kappa shape index (κ2) is 10.7. The summed E-state index contributed by atoms with van der Waals surface area (Å²) in [6.07, 6.45) is 10.9. The quantitative estimate of drug-likeness (QED) is 0.275. The lowest BCUT2D eigenvalue weighted by molar-refractivity contribution is -0.162. The van der Waals surface area contributed by atoms with E-state index in [1.165, 1.54) is 39.2 Å². The van der Waals surface area contributed by atoms with Gasteiger partial charge in [0.05, 0.1) is 7.11 Å². The number of nitrogens with zero attached hydrogens (tertiary/aromatic N) is 1. The van der Waals surface area contributed by atoms with Gasteiger partial charge in [0.2, 0.25) is 0 Å². The average Bonchev–Trinajstić information content (AvgIpc) is 2.38. The summed E-state index contributed by atoms with van der Waals surface area (Å²) in [7, 11) is 2.94. The van der Waals surface area contributed by atoms with Gasteiger partial charge in [-0.05, 0) is 12.5 Å². The normalized spacial score (nSPS) is 11.3. The van der Waals surface area contributed by atoms with Crippen LogP contribution in [-0.4, -0.2) is 30.9 Å². The summed E-state index contributed by atoms with van der Waals surface area (Å²) >= 11 is 0. The lowest BCUT2D eigenvalue weighted by atomic mass is 10.1. The number of carbonyl (C=O) groups excluding carboxylic acids is 2. The van der Waals surface area contributed by atoms with Crippen molar-refractivity contribution in [3.05, 3.63) is 24.3 Å². The predicted molar refractivity (Wildman–Crippen MR) is 71.8 cm³/mol. The van der Waals surface area contributed by atoms with Gasteiger partial charge in [-0.1, -0.05) is 38.3 Å². The van der Waals surface area contributed by atoms with Gasteiger partial charge in [-0.15, -0.1) is 0 Å². The number of hydrogen-bond acceptors (Lipinski definition) is 3. The third kappa shape index (κ3) is 8.70. The number of carbonyl (C=O) groups is 2. The molecule has 4 nitrogen and oxygen atoms in total. The summed E-state index contributed by atoms with van der Waals surface area (Å²) < 4.78 is 0. The monoisotopic (exact) mass is 253 g/mol. The minimum absolute atomic E-state index is 0.100. The van der Waals surface area contributed by atoms with E-state index < -0.39 is 0 Å². The van der Waals surface area contributed by atoms with Gasteiger partial charge in [0, 0.05) is 19.5 Å². The maximum Gasteiger partial charge on any atom is 0.269 e. The van der Waals surface area contributed by atoms with Crippen molar-refractivity contribution in [2.45, 2.75) is 39.0 Å². The van der Waals surface area contributed by atoms with Crippen LogP contribution in [0.25, 0.3) is 0 Å². The first-order chi connectivity index (χ1) is 8.61. The number of hydroxylamine groups is 2. The van der Waals surface area contributed by atoms with E-state index in [0.29, 0.717) is 6.42 Å². The van der Waals surface area contributed by atoms with Crippen molar-refractivity contribution < 1.29 is 14.4 Å². The molecule has 0 unspecified atom stereocenters. The third-order valence-corrected chi connectivity index (χ3v) is 2.49. The second-order valence-electron chi connectivity index (χ2n) is 4.01. The van der Waals surface area contributed by atoms with Crippen LogP contribution in [0.3, 0.4) is 0 Å². The Morgan fingerprint density at radius 1 is 1.11 bits per heavy atom. The highest BCUT2D eigenvalue weighted by atomic mass is 16.7. The standard InChI is InChI=1S/C14H23NO3/c1-4-5-6-7-10-13(16)11-8-9-12-14(17)15(2)18-3/h8-9,11-12H,4-7,10H2,1-3H3/b11-8+,12-9+. The van der Waals surface area contributed by atoms with Crippen LogP contribution < -0.4 is 0 Å². The first-order valence-electron chi connectivity index (χ1n) is 6.31. The number of unbranched alkanes of at least 4 members (excludes halogenated alkanes) is 3. The Hall–Kier alpha value is -1.42. The molecule has 0 aromatic heterocycles. The molecule has 0 saturated heterocycles. The summed E-state index contributed by atoms with van der Waals surface area (Å²) in [6.45, 7) is 2.14. The molecule has 0 bridgehead atoms. The Labute approximate surface area is 109 Å². The van der Waals surface area contributed by atoms with E-state index >= 15 is 0 Å². The van der Waals surface area contributed by atoms with E-state index in [4.69, 9.17) is 4.84 Å². The van der Waals surface area contributed by atoms with Crippen LogP contribution in [0.4, 0.5) is 0 Å². The Balaban J connectivity index is 3.84. The molecule has 0 aromatic rings. The lowest BCUT2D eigenvalue weighted by Crippen LogP contribution is -2.22. The van der Waals surface area contributed by atoms with E-state index in [9.17, 15) is 9.59 Å². The summed E-state index contributed by atoms with van der Waals surface area (Å²) in [5.74, 6) is -0.166. The highest BCUT2D eigenvalue weighted by Gasteiger charge is 2.00. The molecule has 1 amide bonds. The molecular formula is C14H23NO3. The third-order valence-electron chi connectivity index (χ3n) is 2.49. The van der Waals surface area contributed by atoms with Crippen LogP contribution in [-0.2, 0) is 14.4 Å². The van der Waals surface area contributed by atoms with Crippen molar-refractivity contribution in [2.75, 3.05) is 14.2 Å². The number of rotatable bonds is 9. The van der Waals surface area contributed by atoms with Gasteiger partial charge in [0.15, 0.2) is 5.78 Å². The molecule has 0 spiro atoms. The fourth-order valence-corrected chi connectivity index (χ4v) is 1.31. The molecule has 18 heavy (non-hydrogen) atoms. The van der Waals surface area contributed by atoms with Crippen LogP contribution in [0.5, 0.6) is 0 Å². The van der Waals surface area contributed by atoms with Gasteiger partial charge in [-0.3, -0.25) is 14.4 Å². The molecule has 102 valence electrons. The molecular weight excluding hydrogens is 230 g/mol. The second-order valence-corrected chi connectivity index (χ2v) is 4.01. The zero-order valence-electron chi connectivity index (χ0n) is 11.5. The molecule has 0 aliphatic rings. The minimum atomic E-state index is -0.266. The van der Waals surface area contributed by atoms with Crippen molar-refractivity contribution in [3.8, 4) is 0 Å². The number of allylic oxidation sites excluding steroid dienone is 3. The van der Waals surface area contributed by atoms with Crippen LogP contribution in [0.1, 0.15) is 39.0 Å². The molecule has 4 heteroatoms. The molecule has 0 fully saturated rings. The summed E-state index contributed by atoms with van der Waals surface area (Å²) in [6, 6.07) is 0. The Bertz CT molecular complexity index is 308. The van der Waals surface area contributed by atoms with Crippen molar-refractivity contribution >= 4 is 11.7 Å². The molecule has 0 rings (SSSR count). The number of ketones is 1. The fourth-order valence-electron chi connectivity index (χ4n) is 1.31. The largest absolute Gasteiger partial charge is 0.295 e. The zero-order valence-corrected chi connectivity index (χ0v) is 11.5. The lowest BCUT2D eigenvalue weighted by Gasteiger charge is -2.09. The first kappa shape index (κ1) is 16.6. The summed E-state index contributed by atoms with van der Waals surface area (Å²) in [4.78, 5) is 27.4. The topological polar surface area (TPSA) is 46.6 Å². The first-order valence-corrected chi connectivity index (χ1v) is 6.31. The molecule has 0 heterocycles. The van der Waals surface area contributed by atoms with Crippen molar-refractivity contribution in [3.63, 3.8) is 0 Å². The van der Waals surface area contributed by atoms with Gasteiger partial charge in [0.1, 0.15) is 0 Å².